The number of esters is 1. The van der Waals surface area contributed by atoms with Gasteiger partial charge in [0.05, 0.1) is 23.6 Å². The van der Waals surface area contributed by atoms with Crippen molar-refractivity contribution in [3.63, 3.8) is 0 Å². The summed E-state index contributed by atoms with van der Waals surface area (Å²) in [5, 5.41) is 11.3. The van der Waals surface area contributed by atoms with E-state index in [9.17, 15) is 9.90 Å². The number of anilines is 1. The van der Waals surface area contributed by atoms with E-state index in [-0.39, 0.29) is 11.7 Å². The standard InChI is InChI=1S/C30H45N3O3/c1-4-7-8-15-23-36-30(35)25-18-12-11-17-24(25)28(32-22-14-10-9-13-21-31)26-19-16-20-27(29(26)34)33(5-2)6-3/h11-12,16-20,34H,4-10,13-15,21-23,31H2,1-3H3. The van der Waals surface area contributed by atoms with Crippen LogP contribution in [0.3, 0.4) is 0 Å². The predicted octanol–water partition coefficient (Wildman–Crippen LogP) is 6.33. The third-order valence-electron chi connectivity index (χ3n) is 6.39. The molecule has 0 saturated carbocycles. The maximum atomic E-state index is 13.1. The summed E-state index contributed by atoms with van der Waals surface area (Å²) in [6.45, 7) is 9.57. The lowest BCUT2D eigenvalue weighted by Gasteiger charge is -2.24. The largest absolute Gasteiger partial charge is 0.505 e. The maximum absolute atomic E-state index is 13.1. The fourth-order valence-electron chi connectivity index (χ4n) is 4.30. The number of nitrogens with zero attached hydrogens (tertiary/aromatic N) is 2. The van der Waals surface area contributed by atoms with Crippen LogP contribution in [-0.4, -0.2) is 49.6 Å². The molecule has 0 amide bonds. The molecule has 0 aliphatic heterocycles. The first kappa shape index (κ1) is 29.4. The van der Waals surface area contributed by atoms with E-state index in [4.69, 9.17) is 15.5 Å². The van der Waals surface area contributed by atoms with Gasteiger partial charge < -0.3 is 20.5 Å². The number of unbranched alkanes of at least 4 members (excludes halogenated alkanes) is 6. The molecule has 36 heavy (non-hydrogen) atoms. The van der Waals surface area contributed by atoms with Crippen LogP contribution in [0.4, 0.5) is 5.69 Å². The number of nitrogens with two attached hydrogens (primary N) is 1. The van der Waals surface area contributed by atoms with Crippen molar-refractivity contribution in [1.29, 1.82) is 0 Å². The second-order valence-corrected chi connectivity index (χ2v) is 9.02. The van der Waals surface area contributed by atoms with Crippen LogP contribution in [0, 0.1) is 0 Å². The van der Waals surface area contributed by atoms with Crippen LogP contribution < -0.4 is 10.6 Å². The summed E-state index contributed by atoms with van der Waals surface area (Å²) in [7, 11) is 0. The van der Waals surface area contributed by atoms with Crippen molar-refractivity contribution in [2.24, 2.45) is 10.7 Å². The molecule has 0 atom stereocenters. The molecule has 198 valence electrons. The quantitative estimate of drug-likeness (QED) is 0.152. The Labute approximate surface area is 217 Å². The summed E-state index contributed by atoms with van der Waals surface area (Å²) in [6, 6.07) is 13.2. The van der Waals surface area contributed by atoms with Crippen molar-refractivity contribution in [3.05, 3.63) is 59.2 Å². The van der Waals surface area contributed by atoms with Gasteiger partial charge >= 0.3 is 5.97 Å². The Morgan fingerprint density at radius 3 is 2.22 bits per heavy atom. The SMILES string of the molecule is CCCCCCOC(=O)c1ccccc1C(=NCCCCCCN)c1cccc(N(CC)CC)c1O. The second-order valence-electron chi connectivity index (χ2n) is 9.02. The fraction of sp³-hybridized carbons (Fsp3) is 0.533. The Balaban J connectivity index is 2.42. The molecule has 0 fully saturated rings. The third kappa shape index (κ3) is 8.66. The minimum absolute atomic E-state index is 0.186. The maximum Gasteiger partial charge on any atom is 0.338 e. The van der Waals surface area contributed by atoms with Gasteiger partial charge in [-0.3, -0.25) is 4.99 Å². The normalized spacial score (nSPS) is 11.5. The number of para-hydroxylation sites is 1. The summed E-state index contributed by atoms with van der Waals surface area (Å²) in [5.41, 5.74) is 8.80. The van der Waals surface area contributed by atoms with Gasteiger partial charge in [0, 0.05) is 30.8 Å². The summed E-state index contributed by atoms with van der Waals surface area (Å²) >= 11 is 0. The number of phenols is 1. The highest BCUT2D eigenvalue weighted by molar-refractivity contribution is 6.19. The third-order valence-corrected chi connectivity index (χ3v) is 6.39. The molecule has 0 aromatic heterocycles. The topological polar surface area (TPSA) is 88.1 Å². The van der Waals surface area contributed by atoms with E-state index in [0.29, 0.717) is 42.1 Å². The zero-order chi connectivity index (χ0) is 26.2. The predicted molar refractivity (Wildman–Crippen MR) is 151 cm³/mol. The lowest BCUT2D eigenvalue weighted by molar-refractivity contribution is 0.0497. The molecule has 0 radical (unpaired) electrons. The van der Waals surface area contributed by atoms with Crippen molar-refractivity contribution in [3.8, 4) is 5.75 Å². The number of phenolic OH excluding ortho intramolecular Hbond substituents is 1. The summed E-state index contributed by atoms with van der Waals surface area (Å²) in [6.07, 6.45) is 8.23. The Kier molecular flexibility index (Phi) is 13.7. The van der Waals surface area contributed by atoms with Crippen LogP contribution in [0.1, 0.15) is 93.6 Å². The molecule has 2 rings (SSSR count). The van der Waals surface area contributed by atoms with E-state index in [0.717, 1.165) is 70.1 Å². The molecular formula is C30H45N3O3. The molecule has 2 aromatic carbocycles. The number of carbonyl (C=O) groups excluding carboxylic acids is 1. The van der Waals surface area contributed by atoms with Gasteiger partial charge in [-0.15, -0.1) is 0 Å². The lowest BCUT2D eigenvalue weighted by Crippen LogP contribution is -2.22. The molecule has 6 nitrogen and oxygen atoms in total. The summed E-state index contributed by atoms with van der Waals surface area (Å²) < 4.78 is 5.62. The van der Waals surface area contributed by atoms with E-state index in [1.54, 1.807) is 6.07 Å². The van der Waals surface area contributed by atoms with Gasteiger partial charge in [0.15, 0.2) is 0 Å². The fourth-order valence-corrected chi connectivity index (χ4v) is 4.30. The monoisotopic (exact) mass is 495 g/mol. The van der Waals surface area contributed by atoms with Crippen LogP contribution >= 0.6 is 0 Å². The average Bonchev–Trinajstić information content (AvgIpc) is 2.90. The Morgan fingerprint density at radius 1 is 0.861 bits per heavy atom. The highest BCUT2D eigenvalue weighted by Crippen LogP contribution is 2.33. The summed E-state index contributed by atoms with van der Waals surface area (Å²) in [4.78, 5) is 20.1. The number of hydrogen-bond donors (Lipinski definition) is 2. The average molecular weight is 496 g/mol. The van der Waals surface area contributed by atoms with Crippen LogP contribution in [0.15, 0.2) is 47.5 Å². The van der Waals surface area contributed by atoms with E-state index in [1.807, 2.05) is 36.4 Å². The Bertz CT molecular complexity index is 954. The van der Waals surface area contributed by atoms with Gasteiger partial charge in [-0.05, 0) is 57.9 Å². The van der Waals surface area contributed by atoms with Gasteiger partial charge in [-0.25, -0.2) is 4.79 Å². The number of benzene rings is 2. The molecule has 0 spiro atoms. The molecule has 6 heteroatoms. The van der Waals surface area contributed by atoms with Gasteiger partial charge in [-0.1, -0.05) is 63.3 Å². The summed E-state index contributed by atoms with van der Waals surface area (Å²) in [5.74, 6) is -0.164. The number of aromatic hydroxyl groups is 1. The number of carbonyl (C=O) groups is 1. The molecule has 2 aromatic rings. The number of hydrogen-bond acceptors (Lipinski definition) is 6. The van der Waals surface area contributed by atoms with Crippen LogP contribution in [-0.2, 0) is 4.74 Å². The van der Waals surface area contributed by atoms with E-state index in [2.05, 4.69) is 25.7 Å². The molecule has 0 aliphatic carbocycles. The van der Waals surface area contributed by atoms with Gasteiger partial charge in [0.25, 0.3) is 0 Å². The van der Waals surface area contributed by atoms with Crippen molar-refractivity contribution >= 4 is 17.4 Å². The number of ether oxygens (including phenoxy) is 1. The minimum atomic E-state index is -0.350. The Hall–Kier alpha value is -2.86. The van der Waals surface area contributed by atoms with Gasteiger partial charge in [0.2, 0.25) is 0 Å². The van der Waals surface area contributed by atoms with Crippen LogP contribution in [0.2, 0.25) is 0 Å². The van der Waals surface area contributed by atoms with Crippen LogP contribution in [0.5, 0.6) is 5.75 Å². The molecular weight excluding hydrogens is 450 g/mol. The molecule has 0 unspecified atom stereocenters. The van der Waals surface area contributed by atoms with Crippen molar-refractivity contribution in [2.75, 3.05) is 37.7 Å². The van der Waals surface area contributed by atoms with Gasteiger partial charge in [0.1, 0.15) is 5.75 Å². The van der Waals surface area contributed by atoms with E-state index >= 15 is 0 Å². The van der Waals surface area contributed by atoms with Crippen molar-refractivity contribution in [2.45, 2.75) is 72.1 Å². The van der Waals surface area contributed by atoms with Gasteiger partial charge in [-0.2, -0.15) is 0 Å². The lowest BCUT2D eigenvalue weighted by atomic mass is 9.95. The molecule has 0 aliphatic rings. The molecule has 3 N–H and O–H groups in total. The van der Waals surface area contributed by atoms with Crippen LogP contribution in [0.25, 0.3) is 0 Å². The first-order valence-electron chi connectivity index (χ1n) is 13.7. The zero-order valence-electron chi connectivity index (χ0n) is 22.5. The number of rotatable bonds is 17. The smallest absolute Gasteiger partial charge is 0.338 e. The molecule has 0 heterocycles. The minimum Gasteiger partial charge on any atom is -0.505 e. The Morgan fingerprint density at radius 2 is 1.53 bits per heavy atom. The first-order chi connectivity index (χ1) is 17.6. The van der Waals surface area contributed by atoms with E-state index in [1.165, 1.54) is 0 Å². The zero-order valence-corrected chi connectivity index (χ0v) is 22.5. The molecule has 0 saturated heterocycles. The van der Waals surface area contributed by atoms with Crippen molar-refractivity contribution in [1.82, 2.24) is 0 Å². The first-order valence-corrected chi connectivity index (χ1v) is 13.7. The highest BCUT2D eigenvalue weighted by Gasteiger charge is 2.22. The van der Waals surface area contributed by atoms with E-state index < -0.39 is 0 Å². The molecule has 0 bridgehead atoms. The highest BCUT2D eigenvalue weighted by atomic mass is 16.5. The van der Waals surface area contributed by atoms with Crippen molar-refractivity contribution < 1.29 is 14.6 Å². The number of aliphatic imine (C=N–C) groups is 1. The second kappa shape index (κ2) is 16.7.